The Kier molecular flexibility index (Phi) is 4.85. The molecule has 170 valence electrons. The molecular weight excluding hydrogens is 424 g/mol. The second-order valence-electron chi connectivity index (χ2n) is 9.22. The van der Waals surface area contributed by atoms with Crippen molar-refractivity contribution >= 4 is 17.6 Å². The first-order chi connectivity index (χ1) is 16.6. The second-order valence-corrected chi connectivity index (χ2v) is 9.22. The van der Waals surface area contributed by atoms with Crippen LogP contribution in [-0.2, 0) is 5.60 Å². The number of fused-ring (bicyclic) bond motifs is 1. The minimum absolute atomic E-state index is 0.198. The third-order valence-electron chi connectivity index (χ3n) is 6.91. The number of rotatable bonds is 5. The molecule has 6 heteroatoms. The van der Waals surface area contributed by atoms with E-state index in [0.29, 0.717) is 17.0 Å². The summed E-state index contributed by atoms with van der Waals surface area (Å²) >= 11 is 0. The van der Waals surface area contributed by atoms with Crippen molar-refractivity contribution in [3.8, 4) is 11.1 Å². The lowest BCUT2D eigenvalue weighted by Gasteiger charge is -2.33. The quantitative estimate of drug-likeness (QED) is 0.417. The largest absolute Gasteiger partial charge is 0.376 e. The molecule has 6 rings (SSSR count). The van der Waals surface area contributed by atoms with Crippen LogP contribution in [0.2, 0.25) is 0 Å². The number of aliphatic imine (C=N–C) groups is 1. The predicted octanol–water partition coefficient (Wildman–Crippen LogP) is 5.54. The molecule has 0 bridgehead atoms. The first-order valence-corrected chi connectivity index (χ1v) is 11.7. The average molecular weight is 451 g/mol. The van der Waals surface area contributed by atoms with E-state index < -0.39 is 5.60 Å². The summed E-state index contributed by atoms with van der Waals surface area (Å²) in [5.74, 6) is 1.35. The molecule has 0 saturated heterocycles. The predicted molar refractivity (Wildman–Crippen MR) is 132 cm³/mol. The summed E-state index contributed by atoms with van der Waals surface area (Å²) in [4.78, 5) is 9.23. The van der Waals surface area contributed by atoms with Crippen LogP contribution in [0, 0.1) is 19.8 Å². The van der Waals surface area contributed by atoms with Gasteiger partial charge in [0.15, 0.2) is 0 Å². The fraction of sp³-hybridized carbons (Fsp3) is 0.250. The van der Waals surface area contributed by atoms with Gasteiger partial charge < -0.3 is 14.9 Å². The van der Waals surface area contributed by atoms with Gasteiger partial charge in [-0.25, -0.2) is 0 Å². The molecular formula is C28H26N4O2. The van der Waals surface area contributed by atoms with Crippen LogP contribution in [0.1, 0.15) is 41.0 Å². The van der Waals surface area contributed by atoms with Gasteiger partial charge in [0.1, 0.15) is 11.4 Å². The number of aryl methyl sites for hydroxylation is 2. The molecule has 2 aromatic heterocycles. The minimum atomic E-state index is -1.46. The Morgan fingerprint density at radius 1 is 1.03 bits per heavy atom. The van der Waals surface area contributed by atoms with E-state index in [1.165, 1.54) is 12.8 Å². The van der Waals surface area contributed by atoms with Crippen LogP contribution < -0.4 is 5.32 Å². The van der Waals surface area contributed by atoms with E-state index in [1.54, 1.807) is 12.4 Å². The van der Waals surface area contributed by atoms with E-state index in [2.05, 4.69) is 21.5 Å². The maximum absolute atomic E-state index is 12.5. The molecule has 1 fully saturated rings. The molecule has 2 unspecified atom stereocenters. The van der Waals surface area contributed by atoms with E-state index in [1.807, 2.05) is 68.6 Å². The molecule has 2 aromatic carbocycles. The number of benzene rings is 2. The molecule has 0 radical (unpaired) electrons. The fourth-order valence-corrected chi connectivity index (χ4v) is 5.00. The average Bonchev–Trinajstić information content (AvgIpc) is 3.68. The maximum atomic E-state index is 12.5. The van der Waals surface area contributed by atoms with Crippen molar-refractivity contribution in [2.75, 3.05) is 5.32 Å². The number of pyridine rings is 1. The summed E-state index contributed by atoms with van der Waals surface area (Å²) in [7, 11) is 0. The highest BCUT2D eigenvalue weighted by Gasteiger charge is 2.40. The Bertz CT molecular complexity index is 1320. The first-order valence-electron chi connectivity index (χ1n) is 11.7. The standard InChI is InChI=1S/C28H26N4O2/c1-17-26(18(2)34-32-17)20-13-23(27-24(14-20)31-25(16-30-27)19-10-11-19)28(33,21-7-4-3-5-8-21)22-9-6-12-29-15-22/h3-9,12-16,19,25,31,33H,10-11H2,1-2H3. The molecule has 0 amide bonds. The number of hydrogen-bond donors (Lipinski definition) is 2. The normalized spacial score (nSPS) is 18.7. The summed E-state index contributed by atoms with van der Waals surface area (Å²) in [6.07, 6.45) is 7.84. The topological polar surface area (TPSA) is 83.5 Å². The lowest BCUT2D eigenvalue weighted by atomic mass is 9.78. The zero-order chi connectivity index (χ0) is 23.3. The Hall–Kier alpha value is -3.77. The molecule has 1 aliphatic carbocycles. The summed E-state index contributed by atoms with van der Waals surface area (Å²) in [6, 6.07) is 17.8. The number of aromatic nitrogens is 2. The Balaban J connectivity index is 1.64. The van der Waals surface area contributed by atoms with Crippen molar-refractivity contribution in [1.82, 2.24) is 10.1 Å². The highest BCUT2D eigenvalue weighted by molar-refractivity contribution is 5.90. The molecule has 4 aromatic rings. The summed E-state index contributed by atoms with van der Waals surface area (Å²) < 4.78 is 5.49. The maximum Gasteiger partial charge on any atom is 0.144 e. The van der Waals surface area contributed by atoms with Gasteiger partial charge in [-0.1, -0.05) is 41.6 Å². The number of hydrogen-bond acceptors (Lipinski definition) is 6. The molecule has 6 nitrogen and oxygen atoms in total. The Labute approximate surface area is 198 Å². The number of aliphatic hydroxyl groups is 1. The van der Waals surface area contributed by atoms with E-state index in [0.717, 1.165) is 39.5 Å². The van der Waals surface area contributed by atoms with E-state index >= 15 is 0 Å². The van der Waals surface area contributed by atoms with Crippen LogP contribution in [0.3, 0.4) is 0 Å². The zero-order valence-corrected chi connectivity index (χ0v) is 19.2. The molecule has 34 heavy (non-hydrogen) atoms. The van der Waals surface area contributed by atoms with Crippen LogP contribution in [-0.4, -0.2) is 27.5 Å². The fourth-order valence-electron chi connectivity index (χ4n) is 5.00. The van der Waals surface area contributed by atoms with Crippen molar-refractivity contribution in [3.63, 3.8) is 0 Å². The highest BCUT2D eigenvalue weighted by atomic mass is 16.5. The van der Waals surface area contributed by atoms with Gasteiger partial charge in [-0.2, -0.15) is 0 Å². The van der Waals surface area contributed by atoms with Gasteiger partial charge in [-0.3, -0.25) is 9.98 Å². The van der Waals surface area contributed by atoms with Crippen LogP contribution in [0.5, 0.6) is 0 Å². The molecule has 2 aliphatic rings. The van der Waals surface area contributed by atoms with Gasteiger partial charge in [0.25, 0.3) is 0 Å². The van der Waals surface area contributed by atoms with Gasteiger partial charge in [-0.05, 0) is 61.9 Å². The van der Waals surface area contributed by atoms with Crippen LogP contribution in [0.25, 0.3) is 11.1 Å². The third kappa shape index (κ3) is 3.33. The monoisotopic (exact) mass is 450 g/mol. The van der Waals surface area contributed by atoms with Gasteiger partial charge in [0.05, 0.1) is 23.1 Å². The Morgan fingerprint density at radius 3 is 2.50 bits per heavy atom. The molecule has 1 saturated carbocycles. The molecule has 1 aliphatic heterocycles. The van der Waals surface area contributed by atoms with Gasteiger partial charge in [0.2, 0.25) is 0 Å². The van der Waals surface area contributed by atoms with Crippen molar-refractivity contribution in [3.05, 3.63) is 95.1 Å². The smallest absolute Gasteiger partial charge is 0.144 e. The summed E-state index contributed by atoms with van der Waals surface area (Å²) in [5, 5.41) is 20.4. The number of nitrogens with one attached hydrogen (secondary N) is 1. The third-order valence-corrected chi connectivity index (χ3v) is 6.91. The van der Waals surface area contributed by atoms with E-state index in [9.17, 15) is 5.11 Å². The Morgan fingerprint density at radius 2 is 1.82 bits per heavy atom. The number of anilines is 1. The number of nitrogens with zero attached hydrogens (tertiary/aromatic N) is 3. The van der Waals surface area contributed by atoms with Crippen molar-refractivity contribution in [2.24, 2.45) is 10.9 Å². The zero-order valence-electron chi connectivity index (χ0n) is 19.2. The van der Waals surface area contributed by atoms with Crippen LogP contribution in [0.15, 0.2) is 76.5 Å². The molecule has 3 heterocycles. The molecule has 2 N–H and O–H groups in total. The highest BCUT2D eigenvalue weighted by Crippen LogP contribution is 2.48. The SMILES string of the molecule is Cc1noc(C)c1-c1cc2c(c(C(O)(c3ccccc3)c3cccnc3)c1)N=CC(C1CC1)N2. The van der Waals surface area contributed by atoms with Crippen molar-refractivity contribution in [2.45, 2.75) is 38.3 Å². The van der Waals surface area contributed by atoms with Gasteiger partial charge in [-0.15, -0.1) is 0 Å². The van der Waals surface area contributed by atoms with Crippen LogP contribution >= 0.6 is 0 Å². The van der Waals surface area contributed by atoms with Crippen LogP contribution in [0.4, 0.5) is 11.4 Å². The molecule has 2 atom stereocenters. The van der Waals surface area contributed by atoms with Gasteiger partial charge in [0, 0.05) is 35.3 Å². The van der Waals surface area contributed by atoms with E-state index in [4.69, 9.17) is 9.52 Å². The summed E-state index contributed by atoms with van der Waals surface area (Å²) in [5.41, 5.74) is 4.99. The van der Waals surface area contributed by atoms with Crippen molar-refractivity contribution in [1.29, 1.82) is 0 Å². The lowest BCUT2D eigenvalue weighted by Crippen LogP contribution is -2.31. The van der Waals surface area contributed by atoms with Crippen molar-refractivity contribution < 1.29 is 9.63 Å². The second kappa shape index (κ2) is 7.92. The lowest BCUT2D eigenvalue weighted by molar-refractivity contribution is 0.126. The minimum Gasteiger partial charge on any atom is -0.376 e. The van der Waals surface area contributed by atoms with E-state index in [-0.39, 0.29) is 6.04 Å². The first kappa shape index (κ1) is 20.8. The van der Waals surface area contributed by atoms with Gasteiger partial charge >= 0.3 is 0 Å². The summed E-state index contributed by atoms with van der Waals surface area (Å²) in [6.45, 7) is 3.85. The molecule has 0 spiro atoms.